The van der Waals surface area contributed by atoms with E-state index in [-0.39, 0.29) is 11.5 Å². The highest BCUT2D eigenvalue weighted by molar-refractivity contribution is 7.92. The lowest BCUT2D eigenvalue weighted by Crippen LogP contribution is -2.13. The van der Waals surface area contributed by atoms with E-state index in [0.717, 1.165) is 24.0 Å². The monoisotopic (exact) mass is 433 g/mol. The third kappa shape index (κ3) is 9.28. The predicted molar refractivity (Wildman–Crippen MR) is 122 cm³/mol. The summed E-state index contributed by atoms with van der Waals surface area (Å²) in [5.74, 6) is 0. The summed E-state index contributed by atoms with van der Waals surface area (Å²) in [6, 6.07) is 14.0. The fourth-order valence-electron chi connectivity index (χ4n) is 3.19. The van der Waals surface area contributed by atoms with E-state index < -0.39 is 10.0 Å². The summed E-state index contributed by atoms with van der Waals surface area (Å²) in [7, 11) is -3.65. The Morgan fingerprint density at radius 2 is 1.53 bits per heavy atom. The van der Waals surface area contributed by atoms with Crippen LogP contribution in [0.15, 0.2) is 53.4 Å². The van der Waals surface area contributed by atoms with Crippen LogP contribution in [0.1, 0.15) is 69.4 Å². The van der Waals surface area contributed by atoms with E-state index in [4.69, 9.17) is 9.78 Å². The smallest absolute Gasteiger partial charge is 0.261 e. The van der Waals surface area contributed by atoms with Crippen molar-refractivity contribution in [2.45, 2.75) is 76.7 Å². The van der Waals surface area contributed by atoms with Gasteiger partial charge in [-0.1, -0.05) is 76.1 Å². The maximum Gasteiger partial charge on any atom is 0.261 e. The number of benzene rings is 2. The van der Waals surface area contributed by atoms with Crippen LogP contribution in [0.2, 0.25) is 0 Å². The number of aryl methyl sites for hydroxylation is 1. The van der Waals surface area contributed by atoms with Crippen LogP contribution < -0.4 is 4.72 Å². The van der Waals surface area contributed by atoms with Gasteiger partial charge in [-0.15, -0.1) is 0 Å². The molecule has 6 heteroatoms. The number of anilines is 1. The Bertz CT molecular complexity index is 852. The van der Waals surface area contributed by atoms with Gasteiger partial charge in [0.05, 0.1) is 11.5 Å². The minimum atomic E-state index is -3.65. The zero-order valence-electron chi connectivity index (χ0n) is 18.2. The highest BCUT2D eigenvalue weighted by Crippen LogP contribution is 2.18. The molecule has 0 aliphatic rings. The standard InChI is InChI=1S/C24H35NO4S/c1-3-4-5-6-7-8-9-10-17-28-29-20-22-14-12-16-24(19-22)30(26,27)25-23-15-11-13-21(2)18-23/h11-16,18-19,25H,3-10,17,20H2,1-2H3. The maximum atomic E-state index is 12.6. The maximum absolute atomic E-state index is 12.6. The molecule has 0 heterocycles. The van der Waals surface area contributed by atoms with E-state index in [1.54, 1.807) is 30.3 Å². The molecule has 0 bridgehead atoms. The van der Waals surface area contributed by atoms with Crippen LogP contribution in [-0.2, 0) is 26.4 Å². The number of rotatable bonds is 15. The number of nitrogens with one attached hydrogen (secondary N) is 1. The molecule has 0 unspecified atom stereocenters. The zero-order chi connectivity index (χ0) is 21.7. The van der Waals surface area contributed by atoms with E-state index in [2.05, 4.69) is 11.6 Å². The van der Waals surface area contributed by atoms with Crippen molar-refractivity contribution in [1.82, 2.24) is 0 Å². The van der Waals surface area contributed by atoms with Crippen LogP contribution in [-0.4, -0.2) is 15.0 Å². The first-order valence-electron chi connectivity index (χ1n) is 10.9. The molecule has 0 aromatic heterocycles. The van der Waals surface area contributed by atoms with Gasteiger partial charge in [0.15, 0.2) is 0 Å². The SMILES string of the molecule is CCCCCCCCCCOOCc1cccc(S(=O)(=O)Nc2cccc(C)c2)c1. The van der Waals surface area contributed by atoms with E-state index in [9.17, 15) is 8.42 Å². The summed E-state index contributed by atoms with van der Waals surface area (Å²) >= 11 is 0. The molecule has 2 aromatic carbocycles. The van der Waals surface area contributed by atoms with Gasteiger partial charge in [-0.2, -0.15) is 0 Å². The summed E-state index contributed by atoms with van der Waals surface area (Å²) in [6.07, 6.45) is 9.93. The van der Waals surface area contributed by atoms with Crippen molar-refractivity contribution < 1.29 is 18.2 Å². The molecule has 0 saturated heterocycles. The van der Waals surface area contributed by atoms with E-state index in [0.29, 0.717) is 12.3 Å². The molecular formula is C24H35NO4S. The normalized spacial score (nSPS) is 11.5. The number of hydrogen-bond acceptors (Lipinski definition) is 4. The van der Waals surface area contributed by atoms with Crippen LogP contribution in [0.3, 0.4) is 0 Å². The molecular weight excluding hydrogens is 398 g/mol. The van der Waals surface area contributed by atoms with Crippen LogP contribution in [0.5, 0.6) is 0 Å². The second-order valence-electron chi connectivity index (χ2n) is 7.68. The minimum absolute atomic E-state index is 0.202. The first-order valence-corrected chi connectivity index (χ1v) is 12.4. The molecule has 0 spiro atoms. The van der Waals surface area contributed by atoms with Crippen molar-refractivity contribution in [3.05, 3.63) is 59.7 Å². The van der Waals surface area contributed by atoms with Gasteiger partial charge in [0.25, 0.3) is 10.0 Å². The number of hydrogen-bond donors (Lipinski definition) is 1. The van der Waals surface area contributed by atoms with Gasteiger partial charge in [0.2, 0.25) is 0 Å². The molecule has 30 heavy (non-hydrogen) atoms. The lowest BCUT2D eigenvalue weighted by molar-refractivity contribution is -0.304. The van der Waals surface area contributed by atoms with Crippen LogP contribution >= 0.6 is 0 Å². The molecule has 0 saturated carbocycles. The number of sulfonamides is 1. The highest BCUT2D eigenvalue weighted by atomic mass is 32.2. The van der Waals surface area contributed by atoms with E-state index in [1.165, 1.54) is 38.5 Å². The average molecular weight is 434 g/mol. The van der Waals surface area contributed by atoms with Gasteiger partial charge in [0.1, 0.15) is 6.61 Å². The lowest BCUT2D eigenvalue weighted by Gasteiger charge is -2.10. The average Bonchev–Trinajstić information content (AvgIpc) is 2.72. The Balaban J connectivity index is 1.70. The van der Waals surface area contributed by atoms with Crippen LogP contribution in [0.25, 0.3) is 0 Å². The number of unbranched alkanes of at least 4 members (excludes halogenated alkanes) is 7. The largest absolute Gasteiger partial charge is 0.280 e. The first-order chi connectivity index (χ1) is 14.5. The fourth-order valence-corrected chi connectivity index (χ4v) is 4.31. The summed E-state index contributed by atoms with van der Waals surface area (Å²) in [6.45, 7) is 4.92. The second-order valence-corrected chi connectivity index (χ2v) is 9.36. The van der Waals surface area contributed by atoms with Gasteiger partial charge in [-0.05, 0) is 48.7 Å². The molecule has 0 amide bonds. The lowest BCUT2D eigenvalue weighted by atomic mass is 10.1. The quantitative estimate of drug-likeness (QED) is 0.201. The Labute approximate surface area is 181 Å². The van der Waals surface area contributed by atoms with Crippen molar-refractivity contribution in [2.75, 3.05) is 11.3 Å². The zero-order valence-corrected chi connectivity index (χ0v) is 19.0. The van der Waals surface area contributed by atoms with Crippen LogP contribution in [0.4, 0.5) is 5.69 Å². The van der Waals surface area contributed by atoms with Gasteiger partial charge in [-0.25, -0.2) is 18.2 Å². The Kier molecular flexibility index (Phi) is 10.9. The van der Waals surface area contributed by atoms with E-state index in [1.807, 2.05) is 25.1 Å². The summed E-state index contributed by atoms with van der Waals surface area (Å²) in [4.78, 5) is 10.7. The molecule has 2 aromatic rings. The minimum Gasteiger partial charge on any atom is -0.280 e. The third-order valence-corrected chi connectivity index (χ3v) is 6.25. The van der Waals surface area contributed by atoms with Crippen molar-refractivity contribution in [3.63, 3.8) is 0 Å². The second kappa shape index (κ2) is 13.4. The summed E-state index contributed by atoms with van der Waals surface area (Å²) in [5.41, 5.74) is 2.29. The van der Waals surface area contributed by atoms with Gasteiger partial charge in [-0.3, -0.25) is 4.72 Å². The van der Waals surface area contributed by atoms with Crippen molar-refractivity contribution in [1.29, 1.82) is 0 Å². The molecule has 166 valence electrons. The molecule has 0 radical (unpaired) electrons. The third-order valence-electron chi connectivity index (χ3n) is 4.87. The Morgan fingerprint density at radius 3 is 2.27 bits per heavy atom. The van der Waals surface area contributed by atoms with Gasteiger partial charge in [0, 0.05) is 5.69 Å². The molecule has 0 aliphatic heterocycles. The highest BCUT2D eigenvalue weighted by Gasteiger charge is 2.14. The Hall–Kier alpha value is -1.89. The van der Waals surface area contributed by atoms with Gasteiger partial charge >= 0.3 is 0 Å². The topological polar surface area (TPSA) is 64.6 Å². The fraction of sp³-hybridized carbons (Fsp3) is 0.500. The summed E-state index contributed by atoms with van der Waals surface area (Å²) < 4.78 is 27.9. The molecule has 1 N–H and O–H groups in total. The predicted octanol–water partition coefficient (Wildman–Crippen LogP) is 6.38. The first kappa shape index (κ1) is 24.4. The molecule has 5 nitrogen and oxygen atoms in total. The Morgan fingerprint density at radius 1 is 0.833 bits per heavy atom. The molecule has 2 rings (SSSR count). The van der Waals surface area contributed by atoms with Crippen molar-refractivity contribution in [2.24, 2.45) is 0 Å². The molecule has 0 aliphatic carbocycles. The van der Waals surface area contributed by atoms with Gasteiger partial charge < -0.3 is 0 Å². The van der Waals surface area contributed by atoms with E-state index >= 15 is 0 Å². The van der Waals surface area contributed by atoms with Crippen LogP contribution in [0, 0.1) is 6.92 Å². The van der Waals surface area contributed by atoms with Crippen molar-refractivity contribution in [3.8, 4) is 0 Å². The molecule has 0 atom stereocenters. The summed E-state index contributed by atoms with van der Waals surface area (Å²) in [5, 5.41) is 0. The van der Waals surface area contributed by atoms with Crippen molar-refractivity contribution >= 4 is 15.7 Å². The molecule has 0 fully saturated rings.